The molecule has 1 aliphatic rings. The summed E-state index contributed by atoms with van der Waals surface area (Å²) in [5, 5.41) is 1.65. The van der Waals surface area contributed by atoms with E-state index in [0.29, 0.717) is 5.36 Å². The van der Waals surface area contributed by atoms with Crippen LogP contribution in [0.2, 0.25) is 0 Å². The Labute approximate surface area is 120 Å². The average molecular weight is 275 g/mol. The zero-order chi connectivity index (χ0) is 14.7. The van der Waals surface area contributed by atoms with Crippen LogP contribution in [0.25, 0.3) is 10.1 Å². The minimum absolute atomic E-state index is 0.341. The van der Waals surface area contributed by atoms with E-state index < -0.39 is 0 Å². The van der Waals surface area contributed by atoms with Crippen LogP contribution in [0.4, 0.5) is 0 Å². The first-order valence-electron chi connectivity index (χ1n) is 7.06. The van der Waals surface area contributed by atoms with Gasteiger partial charge in [0.25, 0.3) is 0 Å². The molecule has 1 aliphatic heterocycles. The molecule has 0 unspecified atom stereocenters. The molecule has 4 heteroatoms. The lowest BCUT2D eigenvalue weighted by Crippen LogP contribution is -2.41. The average Bonchev–Trinajstić information content (AvgIpc) is 2.76. The smallest absolute Gasteiger partial charge is 0.399 e. The molecule has 0 saturated carbocycles. The Morgan fingerprint density at radius 1 is 1.11 bits per heavy atom. The second-order valence-electron chi connectivity index (χ2n) is 6.16. The first-order valence-corrected chi connectivity index (χ1v) is 7.38. The Morgan fingerprint density at radius 3 is 2.37 bits per heavy atom. The van der Waals surface area contributed by atoms with E-state index in [9.17, 15) is 0 Å². The maximum absolute atomic E-state index is 7.85. The van der Waals surface area contributed by atoms with E-state index in [2.05, 4.69) is 46.8 Å². The first-order chi connectivity index (χ1) is 9.21. The van der Waals surface area contributed by atoms with Crippen LogP contribution in [-0.4, -0.2) is 18.3 Å². The van der Waals surface area contributed by atoms with Crippen molar-refractivity contribution in [1.29, 1.82) is 0 Å². The molecular formula is C15H19BO2S. The molecule has 2 aromatic rings. The lowest BCUT2D eigenvalue weighted by Gasteiger charge is -2.32. The fourth-order valence-corrected chi connectivity index (χ4v) is 3.11. The molecule has 3 rings (SSSR count). The molecule has 0 atom stereocenters. The second-order valence-corrected chi connectivity index (χ2v) is 7.04. The van der Waals surface area contributed by atoms with Crippen molar-refractivity contribution in [2.75, 3.05) is 0 Å². The van der Waals surface area contributed by atoms with Gasteiger partial charge in [-0.2, -0.15) is 0 Å². The number of hydrogen-bond acceptors (Lipinski definition) is 3. The van der Waals surface area contributed by atoms with Crippen LogP contribution < -0.4 is 5.46 Å². The van der Waals surface area contributed by atoms with Gasteiger partial charge in [0.05, 0.1) is 12.6 Å². The zero-order valence-corrected chi connectivity index (χ0v) is 12.9. The number of aryl methyl sites for hydroxylation is 1. The number of hydrogen-bond donors (Lipinski definition) is 0. The number of fused-ring (bicyclic) bond motifs is 1. The molecule has 100 valence electrons. The van der Waals surface area contributed by atoms with Crippen molar-refractivity contribution in [1.82, 2.24) is 0 Å². The fraction of sp³-hybridized carbons (Fsp3) is 0.467. The van der Waals surface area contributed by atoms with Crippen LogP contribution >= 0.6 is 11.3 Å². The SMILES string of the molecule is [2H]c1cc2c(B3OC(C)(C)C(C)(C)O3)c(C)ccc2s1. The van der Waals surface area contributed by atoms with Crippen molar-refractivity contribution in [3.05, 3.63) is 29.1 Å². The summed E-state index contributed by atoms with van der Waals surface area (Å²) in [4.78, 5) is 0. The van der Waals surface area contributed by atoms with E-state index >= 15 is 0 Å². The van der Waals surface area contributed by atoms with E-state index in [1.54, 1.807) is 0 Å². The van der Waals surface area contributed by atoms with Crippen LogP contribution in [0.3, 0.4) is 0 Å². The maximum atomic E-state index is 7.85. The van der Waals surface area contributed by atoms with E-state index in [4.69, 9.17) is 10.7 Å². The van der Waals surface area contributed by atoms with Crippen LogP contribution in [0.1, 0.15) is 34.6 Å². The van der Waals surface area contributed by atoms with Gasteiger partial charge in [-0.05, 0) is 63.0 Å². The molecule has 1 fully saturated rings. The van der Waals surface area contributed by atoms with E-state index in [-0.39, 0.29) is 18.3 Å². The highest BCUT2D eigenvalue weighted by molar-refractivity contribution is 7.17. The van der Waals surface area contributed by atoms with Crippen molar-refractivity contribution in [3.63, 3.8) is 0 Å². The Balaban J connectivity index is 2.14. The third-order valence-electron chi connectivity index (χ3n) is 4.33. The minimum Gasteiger partial charge on any atom is -0.399 e. The van der Waals surface area contributed by atoms with Crippen LogP contribution in [0, 0.1) is 6.92 Å². The lowest BCUT2D eigenvalue weighted by atomic mass is 9.74. The van der Waals surface area contributed by atoms with Crippen LogP contribution in [0.5, 0.6) is 0 Å². The summed E-state index contributed by atoms with van der Waals surface area (Å²) >= 11 is 1.49. The maximum Gasteiger partial charge on any atom is 0.495 e. The molecule has 1 aromatic heterocycles. The molecule has 0 bridgehead atoms. The van der Waals surface area contributed by atoms with E-state index in [1.807, 2.05) is 6.07 Å². The van der Waals surface area contributed by atoms with E-state index in [0.717, 1.165) is 21.1 Å². The van der Waals surface area contributed by atoms with Gasteiger partial charge in [-0.1, -0.05) is 11.6 Å². The van der Waals surface area contributed by atoms with Gasteiger partial charge < -0.3 is 9.31 Å². The Bertz CT molecular complexity index is 662. The molecule has 2 nitrogen and oxygen atoms in total. The van der Waals surface area contributed by atoms with Gasteiger partial charge in [-0.15, -0.1) is 11.3 Å². The van der Waals surface area contributed by atoms with Gasteiger partial charge >= 0.3 is 7.12 Å². The highest BCUT2D eigenvalue weighted by Gasteiger charge is 2.52. The molecular weight excluding hydrogens is 255 g/mol. The molecule has 0 amide bonds. The first kappa shape index (κ1) is 11.9. The molecule has 0 N–H and O–H groups in total. The fourth-order valence-electron chi connectivity index (χ4n) is 2.39. The molecule has 1 saturated heterocycles. The topological polar surface area (TPSA) is 18.5 Å². The molecule has 0 spiro atoms. The van der Waals surface area contributed by atoms with Gasteiger partial charge in [0.2, 0.25) is 0 Å². The monoisotopic (exact) mass is 275 g/mol. The van der Waals surface area contributed by atoms with Crippen molar-refractivity contribution < 1.29 is 10.7 Å². The molecule has 19 heavy (non-hydrogen) atoms. The van der Waals surface area contributed by atoms with Gasteiger partial charge in [0, 0.05) is 4.70 Å². The third kappa shape index (κ3) is 1.94. The number of benzene rings is 1. The molecule has 0 radical (unpaired) electrons. The largest absolute Gasteiger partial charge is 0.495 e. The minimum atomic E-state index is -0.363. The number of rotatable bonds is 1. The van der Waals surface area contributed by atoms with Gasteiger partial charge in [-0.25, -0.2) is 0 Å². The van der Waals surface area contributed by atoms with Gasteiger partial charge in [0.1, 0.15) is 0 Å². The Hall–Kier alpha value is -0.835. The van der Waals surface area contributed by atoms with Gasteiger partial charge in [-0.3, -0.25) is 0 Å². The predicted octanol–water partition coefficient (Wildman–Crippen LogP) is 3.51. The van der Waals surface area contributed by atoms with Crippen molar-refractivity contribution in [2.24, 2.45) is 0 Å². The normalized spacial score (nSPS) is 21.9. The molecule has 0 aliphatic carbocycles. The van der Waals surface area contributed by atoms with Crippen molar-refractivity contribution in [2.45, 2.75) is 45.8 Å². The van der Waals surface area contributed by atoms with E-state index in [1.165, 1.54) is 11.3 Å². The summed E-state index contributed by atoms with van der Waals surface area (Å²) in [7, 11) is -0.363. The van der Waals surface area contributed by atoms with Crippen LogP contribution in [0.15, 0.2) is 23.6 Å². The third-order valence-corrected chi connectivity index (χ3v) is 5.14. The molecule has 2 heterocycles. The van der Waals surface area contributed by atoms with Crippen molar-refractivity contribution in [3.8, 4) is 0 Å². The standard InChI is InChI=1S/C15H19BO2S/c1-10-6-7-12-11(8-9-19-12)13(10)16-17-14(2,3)15(4,5)18-16/h6-9H,1-5H3/i9D. The summed E-state index contributed by atoms with van der Waals surface area (Å²) in [5.41, 5.74) is 1.53. The van der Waals surface area contributed by atoms with Gasteiger partial charge in [0.15, 0.2) is 0 Å². The summed E-state index contributed by atoms with van der Waals surface area (Å²) in [6.45, 7) is 10.3. The Morgan fingerprint density at radius 2 is 1.74 bits per heavy atom. The quantitative estimate of drug-likeness (QED) is 0.741. The summed E-state index contributed by atoms with van der Waals surface area (Å²) in [6, 6.07) is 6.06. The summed E-state index contributed by atoms with van der Waals surface area (Å²) < 4.78 is 21.3. The highest BCUT2D eigenvalue weighted by atomic mass is 32.1. The highest BCUT2D eigenvalue weighted by Crippen LogP contribution is 2.37. The van der Waals surface area contributed by atoms with Crippen LogP contribution in [-0.2, 0) is 9.31 Å². The van der Waals surface area contributed by atoms with Crippen molar-refractivity contribution >= 4 is 34.0 Å². The zero-order valence-electron chi connectivity index (χ0n) is 13.0. The Kier molecular flexibility index (Phi) is 2.56. The summed E-state index contributed by atoms with van der Waals surface area (Å²) in [6.07, 6.45) is 0. The predicted molar refractivity (Wildman–Crippen MR) is 82.3 cm³/mol. The summed E-state index contributed by atoms with van der Waals surface area (Å²) in [5.74, 6) is 0. The second kappa shape index (κ2) is 4.08. The lowest BCUT2D eigenvalue weighted by molar-refractivity contribution is 0.00578. The molecule has 1 aromatic carbocycles. The number of thiophene rings is 1.